The normalized spacial score (nSPS) is 13.8. The van der Waals surface area contributed by atoms with Gasteiger partial charge in [-0.1, -0.05) is 17.2 Å². The molecule has 1 aliphatic rings. The molecule has 4 rings (SSSR count). The van der Waals surface area contributed by atoms with Crippen LogP contribution >= 0.6 is 11.3 Å². The lowest BCUT2D eigenvalue weighted by Crippen LogP contribution is -2.33. The van der Waals surface area contributed by atoms with Crippen molar-refractivity contribution in [2.24, 2.45) is 17.3 Å². The molecule has 34 heavy (non-hydrogen) atoms. The van der Waals surface area contributed by atoms with E-state index < -0.39 is 0 Å². The molecule has 0 aliphatic carbocycles. The molecule has 1 aromatic heterocycles. The first-order valence-electron chi connectivity index (χ1n) is 11.0. The van der Waals surface area contributed by atoms with Crippen LogP contribution in [0, 0.1) is 0 Å². The predicted octanol–water partition coefficient (Wildman–Crippen LogP) is 4.79. The Balaban J connectivity index is 1.65. The summed E-state index contributed by atoms with van der Waals surface area (Å²) in [6.07, 6.45) is 3.59. The lowest BCUT2D eigenvalue weighted by atomic mass is 10.1. The fourth-order valence-electron chi connectivity index (χ4n) is 3.67. The lowest BCUT2D eigenvalue weighted by molar-refractivity contribution is -0.712. The van der Waals surface area contributed by atoms with Crippen LogP contribution in [0.2, 0.25) is 0 Å². The summed E-state index contributed by atoms with van der Waals surface area (Å²) in [6, 6.07) is 10.2. The van der Waals surface area contributed by atoms with Crippen molar-refractivity contribution >= 4 is 50.3 Å². The van der Waals surface area contributed by atoms with Gasteiger partial charge in [0.2, 0.25) is 11.0 Å². The first-order valence-corrected chi connectivity index (χ1v) is 11.8. The van der Waals surface area contributed by atoms with E-state index in [9.17, 15) is 9.90 Å². The molecule has 0 radical (unpaired) electrons. The number of aryl methyl sites for hydroxylation is 1. The second kappa shape index (κ2) is 10.5. The maximum Gasteiger partial charge on any atom is 0.431 e. The van der Waals surface area contributed by atoms with E-state index in [0.717, 1.165) is 18.2 Å². The van der Waals surface area contributed by atoms with Crippen molar-refractivity contribution in [1.82, 2.24) is 5.10 Å². The Morgan fingerprint density at radius 3 is 2.62 bits per heavy atom. The van der Waals surface area contributed by atoms with Gasteiger partial charge in [0.1, 0.15) is 24.2 Å². The second-order valence-electron chi connectivity index (χ2n) is 7.93. The van der Waals surface area contributed by atoms with Crippen LogP contribution in [-0.4, -0.2) is 36.3 Å². The molecule has 0 unspecified atom stereocenters. The van der Waals surface area contributed by atoms with Gasteiger partial charge < -0.3 is 25.4 Å². The third-order valence-corrected chi connectivity index (χ3v) is 6.42. The van der Waals surface area contributed by atoms with E-state index in [4.69, 9.17) is 4.74 Å². The molecule has 178 valence electrons. The summed E-state index contributed by atoms with van der Waals surface area (Å²) >= 11 is 1.48. The number of nitrogens with zero attached hydrogens (tertiary/aromatic N) is 5. The van der Waals surface area contributed by atoms with Gasteiger partial charge in [0.25, 0.3) is 0 Å². The quantitative estimate of drug-likeness (QED) is 0.253. The number of hydrogen-bond acceptors (Lipinski definition) is 9. The van der Waals surface area contributed by atoms with E-state index in [2.05, 4.69) is 30.9 Å². The van der Waals surface area contributed by atoms with E-state index in [1.807, 2.05) is 7.05 Å². The van der Waals surface area contributed by atoms with Crippen molar-refractivity contribution in [3.8, 4) is 11.5 Å². The molecule has 2 heterocycles. The maximum absolute atomic E-state index is 11.9. The minimum Gasteiger partial charge on any atom is -0.506 e. The number of carbonyl (C=O) groups is 1. The van der Waals surface area contributed by atoms with Crippen molar-refractivity contribution in [3.63, 3.8) is 0 Å². The smallest absolute Gasteiger partial charge is 0.431 e. The molecule has 1 fully saturated rings. The van der Waals surface area contributed by atoms with Gasteiger partial charge in [0, 0.05) is 26.1 Å². The predicted molar refractivity (Wildman–Crippen MR) is 132 cm³/mol. The number of aromatic nitrogens is 2. The number of hydrogen-bond donors (Lipinski definition) is 3. The highest BCUT2D eigenvalue weighted by molar-refractivity contribution is 7.18. The average Bonchev–Trinajstić information content (AvgIpc) is 3.20. The number of ether oxygens (including phenoxy) is 1. The number of para-hydroxylation sites is 2. The largest absolute Gasteiger partial charge is 0.506 e. The summed E-state index contributed by atoms with van der Waals surface area (Å²) in [5.74, 6) is 0.330. The van der Waals surface area contributed by atoms with Gasteiger partial charge in [-0.3, -0.25) is 4.79 Å². The molecule has 10 nitrogen and oxygen atoms in total. The van der Waals surface area contributed by atoms with Gasteiger partial charge in [-0.15, -0.1) is 4.68 Å². The molecule has 0 saturated carbocycles. The van der Waals surface area contributed by atoms with Crippen LogP contribution < -0.4 is 25.0 Å². The number of amides is 1. The van der Waals surface area contributed by atoms with Crippen molar-refractivity contribution in [3.05, 3.63) is 36.4 Å². The first-order chi connectivity index (χ1) is 16.4. The van der Waals surface area contributed by atoms with Gasteiger partial charge in [0.05, 0.1) is 29.3 Å². The number of phenols is 1. The molecule has 0 spiro atoms. The standard InChI is InChI=1S/C23H27N7O3S/c1-15(31)24-17-13-19(25-16-9-5-6-10-20(16)32)21(33-3)14-18(17)26-27-22-29(2)28-23(34-22)30-11-7-4-8-12-30/h5-6,9-10,13-14H,4,7-8,11-12H2,1-3H3,(H2,24,25,26,31,32)/p+1. The minimum absolute atomic E-state index is 0.0941. The average molecular weight is 483 g/mol. The summed E-state index contributed by atoms with van der Waals surface area (Å²) in [5, 5.41) is 31.0. The number of carbonyl (C=O) groups excluding carboxylic acids is 1. The Kier molecular flexibility index (Phi) is 7.21. The number of nitrogens with one attached hydrogen (secondary N) is 2. The zero-order chi connectivity index (χ0) is 24.1. The van der Waals surface area contributed by atoms with E-state index >= 15 is 0 Å². The van der Waals surface area contributed by atoms with Crippen LogP contribution in [0.3, 0.4) is 0 Å². The van der Waals surface area contributed by atoms with Gasteiger partial charge >= 0.3 is 5.13 Å². The van der Waals surface area contributed by atoms with Gasteiger partial charge in [-0.2, -0.15) is 0 Å². The van der Waals surface area contributed by atoms with Gasteiger partial charge in [-0.25, -0.2) is 0 Å². The van der Waals surface area contributed by atoms with Crippen LogP contribution in [0.4, 0.5) is 33.0 Å². The highest BCUT2D eigenvalue weighted by atomic mass is 32.1. The Morgan fingerprint density at radius 1 is 1.15 bits per heavy atom. The zero-order valence-corrected chi connectivity index (χ0v) is 20.2. The van der Waals surface area contributed by atoms with Crippen LogP contribution in [0.5, 0.6) is 11.5 Å². The monoisotopic (exact) mass is 482 g/mol. The summed E-state index contributed by atoms with van der Waals surface area (Å²) in [6.45, 7) is 3.42. The molecule has 0 atom stereocenters. The number of benzene rings is 2. The Morgan fingerprint density at radius 2 is 1.91 bits per heavy atom. The third kappa shape index (κ3) is 5.42. The van der Waals surface area contributed by atoms with Gasteiger partial charge in [0.15, 0.2) is 0 Å². The van der Waals surface area contributed by atoms with Crippen LogP contribution in [0.15, 0.2) is 46.6 Å². The molecule has 1 amide bonds. The molecular weight excluding hydrogens is 454 g/mol. The van der Waals surface area contributed by atoms with Crippen molar-refractivity contribution in [1.29, 1.82) is 0 Å². The zero-order valence-electron chi connectivity index (χ0n) is 19.4. The molecule has 11 heteroatoms. The summed E-state index contributed by atoms with van der Waals surface area (Å²) in [7, 11) is 3.38. The first kappa shape index (κ1) is 23.4. The van der Waals surface area contributed by atoms with E-state index in [1.54, 1.807) is 48.2 Å². The van der Waals surface area contributed by atoms with Crippen molar-refractivity contribution in [2.75, 3.05) is 35.7 Å². The van der Waals surface area contributed by atoms with Crippen molar-refractivity contribution in [2.45, 2.75) is 26.2 Å². The fraction of sp³-hybridized carbons (Fsp3) is 0.348. The number of rotatable bonds is 7. The number of anilines is 4. The number of azo groups is 1. The molecule has 1 saturated heterocycles. The van der Waals surface area contributed by atoms with Crippen LogP contribution in [-0.2, 0) is 11.8 Å². The third-order valence-electron chi connectivity index (χ3n) is 5.37. The van der Waals surface area contributed by atoms with Gasteiger partial charge in [-0.05, 0) is 53.9 Å². The highest BCUT2D eigenvalue weighted by Gasteiger charge is 2.22. The molecule has 0 bridgehead atoms. The summed E-state index contributed by atoms with van der Waals surface area (Å²) < 4.78 is 7.25. The summed E-state index contributed by atoms with van der Waals surface area (Å²) in [5.41, 5.74) is 1.95. The van der Waals surface area contributed by atoms with Crippen LogP contribution in [0.25, 0.3) is 0 Å². The number of piperidine rings is 1. The molecule has 2 aromatic carbocycles. The Bertz CT molecular complexity index is 1210. The highest BCUT2D eigenvalue weighted by Crippen LogP contribution is 2.40. The minimum atomic E-state index is -0.245. The molecule has 3 N–H and O–H groups in total. The summed E-state index contributed by atoms with van der Waals surface area (Å²) in [4.78, 5) is 14.1. The molecular formula is C23H28N7O3S+. The number of phenolic OH excluding ortho intramolecular Hbond substituents is 1. The van der Waals surface area contributed by atoms with E-state index in [-0.39, 0.29) is 11.7 Å². The van der Waals surface area contributed by atoms with E-state index in [1.165, 1.54) is 37.5 Å². The maximum atomic E-state index is 11.9. The number of methoxy groups -OCH3 is 1. The molecule has 3 aromatic rings. The second-order valence-corrected chi connectivity index (χ2v) is 8.87. The van der Waals surface area contributed by atoms with E-state index in [0.29, 0.717) is 33.6 Å². The fourth-order valence-corrected chi connectivity index (χ4v) is 4.56. The Hall–Kier alpha value is -3.73. The Labute approximate surface area is 201 Å². The lowest BCUT2D eigenvalue weighted by Gasteiger charge is -2.24. The van der Waals surface area contributed by atoms with Crippen molar-refractivity contribution < 1.29 is 19.3 Å². The SMILES string of the molecule is COc1cc(N=Nc2sc(N3CCCCC3)n[n+]2C)c(NC(C)=O)cc1Nc1ccccc1O. The van der Waals surface area contributed by atoms with Crippen LogP contribution in [0.1, 0.15) is 26.2 Å². The topological polar surface area (TPSA) is 115 Å². The number of aromatic hydroxyl groups is 1. The molecule has 1 aliphatic heterocycles.